The van der Waals surface area contributed by atoms with Crippen molar-refractivity contribution in [3.8, 4) is 0 Å². The summed E-state index contributed by atoms with van der Waals surface area (Å²) in [6, 6.07) is 6.18. The first-order valence-electron chi connectivity index (χ1n) is 13.7. The van der Waals surface area contributed by atoms with E-state index in [0.29, 0.717) is 38.7 Å². The van der Waals surface area contributed by atoms with Crippen LogP contribution in [-0.4, -0.2) is 66.3 Å². The molecule has 2 rings (SSSR count). The van der Waals surface area contributed by atoms with E-state index in [1.54, 1.807) is 6.92 Å². The molecule has 1 aliphatic rings. The molecule has 1 heterocycles. The lowest BCUT2D eigenvalue weighted by Crippen LogP contribution is -2.57. The van der Waals surface area contributed by atoms with Gasteiger partial charge in [0.25, 0.3) is 0 Å². The van der Waals surface area contributed by atoms with Gasteiger partial charge in [0.05, 0.1) is 12.6 Å². The fourth-order valence-corrected chi connectivity index (χ4v) is 4.30. The average molecular weight is 545 g/mol. The van der Waals surface area contributed by atoms with E-state index in [0.717, 1.165) is 5.56 Å². The van der Waals surface area contributed by atoms with Crippen LogP contribution in [0.25, 0.3) is 0 Å². The van der Waals surface area contributed by atoms with Crippen molar-refractivity contribution in [2.24, 2.45) is 11.8 Å². The van der Waals surface area contributed by atoms with Gasteiger partial charge in [0.1, 0.15) is 23.7 Å². The maximum absolute atomic E-state index is 13.2. The van der Waals surface area contributed by atoms with Crippen LogP contribution in [0.4, 0.5) is 0 Å². The molecule has 0 aromatic heterocycles. The molecule has 4 amide bonds. The second-order valence-corrected chi connectivity index (χ2v) is 11.4. The number of hydrogen-bond acceptors (Lipinski definition) is 6. The Kier molecular flexibility index (Phi) is 12.1. The third-order valence-electron chi connectivity index (χ3n) is 6.68. The fraction of sp³-hybridized carbons (Fsp3) is 0.621. The van der Waals surface area contributed by atoms with E-state index >= 15 is 0 Å². The maximum atomic E-state index is 13.2. The molecule has 4 N–H and O–H groups in total. The molecule has 1 aromatic carbocycles. The summed E-state index contributed by atoms with van der Waals surface area (Å²) in [6.07, 6.45) is 2.18. The molecule has 1 aliphatic heterocycles. The summed E-state index contributed by atoms with van der Waals surface area (Å²) in [7, 11) is 0. The van der Waals surface area contributed by atoms with E-state index in [-0.39, 0.29) is 17.6 Å². The zero-order chi connectivity index (χ0) is 29.2. The summed E-state index contributed by atoms with van der Waals surface area (Å²) in [6.45, 7) is 11.3. The third-order valence-corrected chi connectivity index (χ3v) is 6.68. The molecule has 0 aliphatic carbocycles. The van der Waals surface area contributed by atoms with Crippen LogP contribution in [0.2, 0.25) is 0 Å². The third kappa shape index (κ3) is 10.4. The largest absolute Gasteiger partial charge is 0.361 e. The van der Waals surface area contributed by atoms with Crippen LogP contribution in [0.1, 0.15) is 66.4 Å². The molecule has 10 nitrogen and oxygen atoms in total. The SMILES string of the molecule is CC(C)CC(NC(=O)C(CCc1ccccc1)NC=O)C(=O)NC(C)C(=O)NC(CC(C)C)C(=O)C1(C)CO1. The van der Waals surface area contributed by atoms with Crippen LogP contribution in [0, 0.1) is 11.8 Å². The Labute approximate surface area is 231 Å². The smallest absolute Gasteiger partial charge is 0.243 e. The lowest BCUT2D eigenvalue weighted by Gasteiger charge is -2.26. The van der Waals surface area contributed by atoms with Crippen LogP contribution in [0.5, 0.6) is 0 Å². The molecule has 1 aromatic rings. The highest BCUT2D eigenvalue weighted by Gasteiger charge is 2.50. The number of nitrogens with one attached hydrogen (secondary N) is 4. The van der Waals surface area contributed by atoms with Gasteiger partial charge < -0.3 is 26.0 Å². The minimum atomic E-state index is -0.943. The highest BCUT2D eigenvalue weighted by atomic mass is 16.6. The molecule has 0 radical (unpaired) electrons. The number of aryl methyl sites for hydroxylation is 1. The Balaban J connectivity index is 2.02. The Morgan fingerprint density at radius 3 is 1.92 bits per heavy atom. The highest BCUT2D eigenvalue weighted by molar-refractivity contribution is 5.98. The average Bonchev–Trinajstić information content (AvgIpc) is 3.63. The molecule has 10 heteroatoms. The molecule has 1 fully saturated rings. The van der Waals surface area contributed by atoms with E-state index < -0.39 is 47.5 Å². The quantitative estimate of drug-likeness (QED) is 0.173. The van der Waals surface area contributed by atoms with E-state index in [2.05, 4.69) is 21.3 Å². The number of amides is 4. The number of carbonyl (C=O) groups excluding carboxylic acids is 5. The van der Waals surface area contributed by atoms with Gasteiger partial charge in [-0.05, 0) is 56.9 Å². The van der Waals surface area contributed by atoms with Crippen molar-refractivity contribution >= 4 is 29.9 Å². The van der Waals surface area contributed by atoms with E-state index in [9.17, 15) is 24.0 Å². The summed E-state index contributed by atoms with van der Waals surface area (Å²) in [5.41, 5.74) is 0.147. The number of epoxide rings is 1. The highest BCUT2D eigenvalue weighted by Crippen LogP contribution is 2.29. The summed E-state index contributed by atoms with van der Waals surface area (Å²) in [4.78, 5) is 63.2. The van der Waals surface area contributed by atoms with Crippen molar-refractivity contribution < 1.29 is 28.7 Å². The second-order valence-electron chi connectivity index (χ2n) is 11.4. The zero-order valence-corrected chi connectivity index (χ0v) is 23.9. The lowest BCUT2D eigenvalue weighted by molar-refractivity contribution is -0.134. The predicted molar refractivity (Wildman–Crippen MR) is 147 cm³/mol. The molecule has 0 saturated carbocycles. The molecule has 1 saturated heterocycles. The van der Waals surface area contributed by atoms with Gasteiger partial charge in [-0.25, -0.2) is 0 Å². The summed E-state index contributed by atoms with van der Waals surface area (Å²) in [5, 5.41) is 10.7. The van der Waals surface area contributed by atoms with Crippen LogP contribution in [0.3, 0.4) is 0 Å². The lowest BCUT2D eigenvalue weighted by atomic mass is 9.93. The maximum Gasteiger partial charge on any atom is 0.243 e. The predicted octanol–water partition coefficient (Wildman–Crippen LogP) is 1.66. The summed E-state index contributed by atoms with van der Waals surface area (Å²) >= 11 is 0. The van der Waals surface area contributed by atoms with Gasteiger partial charge in [-0.15, -0.1) is 0 Å². The molecule has 5 unspecified atom stereocenters. The van der Waals surface area contributed by atoms with Gasteiger partial charge in [-0.3, -0.25) is 24.0 Å². The number of rotatable bonds is 17. The molecule has 0 bridgehead atoms. The number of hydrogen-bond donors (Lipinski definition) is 4. The Morgan fingerprint density at radius 2 is 1.38 bits per heavy atom. The minimum absolute atomic E-state index is 0.0688. The van der Waals surface area contributed by atoms with Gasteiger partial charge >= 0.3 is 0 Å². The van der Waals surface area contributed by atoms with Crippen molar-refractivity contribution in [1.29, 1.82) is 0 Å². The fourth-order valence-electron chi connectivity index (χ4n) is 4.30. The first-order valence-corrected chi connectivity index (χ1v) is 13.7. The van der Waals surface area contributed by atoms with Crippen molar-refractivity contribution in [2.75, 3.05) is 6.61 Å². The molecule has 5 atom stereocenters. The van der Waals surface area contributed by atoms with Gasteiger partial charge in [0.2, 0.25) is 24.1 Å². The van der Waals surface area contributed by atoms with E-state index in [1.807, 2.05) is 58.0 Å². The first-order chi connectivity index (χ1) is 18.4. The molecule has 39 heavy (non-hydrogen) atoms. The number of Topliss-reactive ketones (excluding diaryl/α,β-unsaturated/α-hetero) is 1. The van der Waals surface area contributed by atoms with Gasteiger partial charge in [-0.1, -0.05) is 58.0 Å². The Morgan fingerprint density at radius 1 is 0.846 bits per heavy atom. The summed E-state index contributed by atoms with van der Waals surface area (Å²) < 4.78 is 5.27. The normalized spacial score (nSPS) is 19.4. The number of ketones is 1. The first kappa shape index (κ1) is 31.9. The summed E-state index contributed by atoms with van der Waals surface area (Å²) in [5.74, 6) is -1.44. The van der Waals surface area contributed by atoms with E-state index in [4.69, 9.17) is 4.74 Å². The monoisotopic (exact) mass is 544 g/mol. The van der Waals surface area contributed by atoms with Gasteiger partial charge in [-0.2, -0.15) is 0 Å². The van der Waals surface area contributed by atoms with Crippen molar-refractivity contribution in [3.63, 3.8) is 0 Å². The molecular weight excluding hydrogens is 500 g/mol. The van der Waals surface area contributed by atoms with Crippen LogP contribution >= 0.6 is 0 Å². The van der Waals surface area contributed by atoms with Crippen molar-refractivity contribution in [2.45, 2.75) is 97.0 Å². The topological polar surface area (TPSA) is 146 Å². The van der Waals surface area contributed by atoms with Crippen molar-refractivity contribution in [1.82, 2.24) is 21.3 Å². The van der Waals surface area contributed by atoms with Crippen LogP contribution in [0.15, 0.2) is 30.3 Å². The number of benzene rings is 1. The van der Waals surface area contributed by atoms with E-state index in [1.165, 1.54) is 6.92 Å². The molecular formula is C29H44N4O6. The standard InChI is InChI=1S/C29H44N4O6/c1-18(2)14-23(25(35)29(6)16-39-29)32-26(36)20(5)31-28(38)24(15-19(3)4)33-27(37)22(30-17-34)13-12-21-10-8-7-9-11-21/h7-11,17-20,22-24H,12-16H2,1-6H3,(H,30,34)(H,31,38)(H,32,36)(H,33,37). The Bertz CT molecular complexity index is 993. The molecule has 0 spiro atoms. The second kappa shape index (κ2) is 14.8. The van der Waals surface area contributed by atoms with Gasteiger partial charge in [0.15, 0.2) is 5.78 Å². The van der Waals surface area contributed by atoms with Crippen molar-refractivity contribution in [3.05, 3.63) is 35.9 Å². The molecule has 216 valence electrons. The minimum Gasteiger partial charge on any atom is -0.361 e. The Hall–Kier alpha value is -3.27. The zero-order valence-electron chi connectivity index (χ0n) is 23.9. The number of ether oxygens (including phenoxy) is 1. The van der Waals surface area contributed by atoms with Crippen LogP contribution < -0.4 is 21.3 Å². The van der Waals surface area contributed by atoms with Gasteiger partial charge in [0, 0.05) is 0 Å². The van der Waals surface area contributed by atoms with Crippen LogP contribution in [-0.2, 0) is 35.1 Å². The number of carbonyl (C=O) groups is 5.